The van der Waals surface area contributed by atoms with Gasteiger partial charge in [0.05, 0.1) is 89.7 Å². The van der Waals surface area contributed by atoms with Crippen molar-refractivity contribution < 1.29 is 82.5 Å². The van der Waals surface area contributed by atoms with E-state index in [2.05, 4.69) is 32.1 Å². The third-order valence-electron chi connectivity index (χ3n) is 22.9. The Morgan fingerprint density at radius 1 is 0.469 bits per heavy atom. The molecule has 39 nitrogen and oxygen atoms in total. The number of pyridine rings is 3. The van der Waals surface area contributed by atoms with E-state index in [0.717, 1.165) is 63.5 Å². The Hall–Kier alpha value is -17.5. The number of Topliss-reactive ketones (excluding diaryl/α,β-unsaturated/α-hetero) is 1. The Kier molecular flexibility index (Phi) is 33.3. The molecule has 143 heavy (non-hydrogen) atoms. The van der Waals surface area contributed by atoms with Crippen molar-refractivity contribution in [2.24, 2.45) is 7.05 Å². The number of fused-ring (bicyclic) bond motifs is 9. The second-order valence-electron chi connectivity index (χ2n) is 32.0. The minimum absolute atomic E-state index is 0.0287. The molecule has 0 saturated carbocycles. The van der Waals surface area contributed by atoms with Gasteiger partial charge < -0.3 is 43.7 Å². The van der Waals surface area contributed by atoms with E-state index in [-0.39, 0.29) is 97.5 Å². The lowest BCUT2D eigenvalue weighted by Crippen LogP contribution is -2.31. The molecule has 6 heterocycles. The smallest absolute Gasteiger partial charge is 0.274 e. The summed E-state index contributed by atoms with van der Waals surface area (Å²) in [5.74, 6) is -1.47. The molecule has 0 fully saturated rings. The summed E-state index contributed by atoms with van der Waals surface area (Å²) < 4.78 is 46.7. The van der Waals surface area contributed by atoms with Crippen LogP contribution < -0.4 is 85.6 Å². The number of anilines is 2. The van der Waals surface area contributed by atoms with Crippen molar-refractivity contribution in [3.63, 3.8) is 0 Å². The number of rotatable bonds is 23. The lowest BCUT2D eigenvalue weighted by molar-refractivity contribution is 0.0702. The average Bonchev–Trinajstić information content (AvgIpc) is 1.58. The lowest BCUT2D eigenvalue weighted by Gasteiger charge is -2.22. The van der Waals surface area contributed by atoms with Crippen LogP contribution in [0.5, 0.6) is 17.2 Å². The van der Waals surface area contributed by atoms with Crippen molar-refractivity contribution in [1.82, 2.24) is 70.2 Å². The molecule has 11 aromatic carbocycles. The topological polar surface area (TPSA) is 557 Å². The van der Waals surface area contributed by atoms with E-state index in [9.17, 15) is 66.0 Å². The number of hydroxylamine groups is 5. The SMILES string of the molecule is CCN(CC)c1nc2ccc(C(=O)NO)cc2c(=O)n1C.COc1cc(Cn2ccc3ccc(C(=O)NO)cc3c2=O)cc(OC)c1.CS(=O)(=O)Cc1cccc(Cn2cnc3ccc(C(=O)NO)cc3c2=O)c1.Nc1nc2cc(C(=O)NO)ccc2c(=O)[nH]1.O=C(CO)c1ccc2ccn(CCOc3ccccc3Cl)c(=O)c2c1.O=C(NO)c1ccc2ccn(C3c4ccccc4-c4ccccc43)c(=O)c2c1. The largest absolute Gasteiger partial charge is 0.497 e. The number of nitrogens with one attached hydrogen (secondary N) is 6. The first-order chi connectivity index (χ1) is 68.7. The summed E-state index contributed by atoms with van der Waals surface area (Å²) in [6.45, 7) is 6.04. The fraction of sp³-hybridized carbons (Fsp3) is 0.147. The number of benzene rings is 11. The van der Waals surface area contributed by atoms with E-state index in [4.69, 9.17) is 62.7 Å². The predicted molar refractivity (Wildman–Crippen MR) is 534 cm³/mol. The first-order valence-corrected chi connectivity index (χ1v) is 46.0. The molecule has 0 atom stereocenters. The van der Waals surface area contributed by atoms with Gasteiger partial charge in [0.25, 0.3) is 62.9 Å². The molecular formula is C102H93ClN16O23S. The van der Waals surface area contributed by atoms with Gasteiger partial charge in [-0.05, 0) is 196 Å². The number of ether oxygens (including phenoxy) is 3. The van der Waals surface area contributed by atoms with Crippen LogP contribution in [0.2, 0.25) is 5.02 Å². The van der Waals surface area contributed by atoms with Gasteiger partial charge in [-0.15, -0.1) is 0 Å². The van der Waals surface area contributed by atoms with Gasteiger partial charge in [0.1, 0.15) is 30.5 Å². The fourth-order valence-electron chi connectivity index (χ4n) is 15.8. The third kappa shape index (κ3) is 24.1. The molecule has 732 valence electrons. The summed E-state index contributed by atoms with van der Waals surface area (Å²) in [6, 6.07) is 68.4. The molecule has 0 aliphatic heterocycles. The predicted octanol–water partition coefficient (Wildman–Crippen LogP) is 10.5. The summed E-state index contributed by atoms with van der Waals surface area (Å²) >= 11 is 6.03. The number of aliphatic hydroxyl groups excluding tert-OH is 1. The standard InChI is InChI=1S/C23H16N2O3.C19H16ClNO4.C19H18N2O5.C18H17N3O5S.C14H18N4O3.C9H8N4O3/c26-22(24-28)15-10-9-14-11-12-25(23(27)20(14)13-15)21-18-7-3-1-5-16(18)17-6-2-4-8-19(17)21;20-16-3-1-2-4-18(16)25-10-9-21-8-7-13-5-6-14(17(23)12-22)11-15(13)19(21)24;1-25-15-7-12(8-16(10-15)26-2)11-21-6-5-13-3-4-14(18(22)20-24)9-17(13)19(21)23;1-27(25,26)10-13-4-2-3-12(7-13)9-21-11-19-16-6-5-14(17(22)20-24)8-15(16)18(21)23;1-4-18(5-2)14-15-11-7-6-9(12(19)16-21)8-10(11)13(20)17(14)3;10-9-11-6-3-4(7(14)13-16)1-2-5(6)8(15)12-9/h1-13,21,28H,(H,24,26);1-8,11,22H,9-10,12H2;3-10,24H,11H2,1-2H3,(H,20,22);2-8,11,24H,9-10H2,1H3,(H,20,22);6-8,21H,4-5H2,1-3H3,(H,16,19);1-3,16H,(H,13,14)(H3,10,11,12,15). The molecule has 0 unspecified atom stereocenters. The highest BCUT2D eigenvalue weighted by Gasteiger charge is 2.31. The first kappa shape index (κ1) is 103. The van der Waals surface area contributed by atoms with E-state index in [1.165, 1.54) is 102 Å². The molecule has 1 aliphatic carbocycles. The summed E-state index contributed by atoms with van der Waals surface area (Å²) in [5, 5.41) is 57.4. The lowest BCUT2D eigenvalue weighted by atomic mass is 10.0. The van der Waals surface area contributed by atoms with Crippen molar-refractivity contribution in [1.29, 1.82) is 0 Å². The fourth-order valence-corrected chi connectivity index (χ4v) is 16.8. The minimum Gasteiger partial charge on any atom is -0.497 e. The number of aromatic amines is 1. The van der Waals surface area contributed by atoms with Crippen LogP contribution in [-0.2, 0) is 42.3 Å². The first-order valence-electron chi connectivity index (χ1n) is 43.6. The van der Waals surface area contributed by atoms with Crippen LogP contribution in [0.3, 0.4) is 0 Å². The van der Waals surface area contributed by atoms with Crippen LogP contribution in [0.1, 0.15) is 110 Å². The molecule has 18 rings (SSSR count). The quantitative estimate of drug-likeness (QED) is 0.0161. The molecule has 0 spiro atoms. The highest BCUT2D eigenvalue weighted by molar-refractivity contribution is 7.89. The van der Waals surface area contributed by atoms with E-state index in [1.54, 1.807) is 158 Å². The maximum Gasteiger partial charge on any atom is 0.274 e. The average molecular weight is 1980 g/mol. The number of aliphatic hydroxyl groups is 1. The normalized spacial score (nSPS) is 11.2. The molecule has 6 aromatic heterocycles. The number of hydrogen-bond donors (Lipinski definition) is 13. The highest BCUT2D eigenvalue weighted by Crippen LogP contribution is 2.45. The Morgan fingerprint density at radius 2 is 0.930 bits per heavy atom. The third-order valence-corrected chi connectivity index (χ3v) is 24.0. The molecule has 1 aliphatic rings. The Bertz CT molecular complexity index is 8250. The van der Waals surface area contributed by atoms with Gasteiger partial charge in [-0.1, -0.05) is 121 Å². The molecule has 0 radical (unpaired) electrons. The highest BCUT2D eigenvalue weighted by atomic mass is 35.5. The number of amides is 5. The van der Waals surface area contributed by atoms with Crippen molar-refractivity contribution in [2.45, 2.75) is 45.3 Å². The van der Waals surface area contributed by atoms with Crippen molar-refractivity contribution in [3.8, 4) is 28.4 Å². The van der Waals surface area contributed by atoms with Crippen molar-refractivity contribution >= 4 is 134 Å². The molecular weight excluding hydrogens is 1880 g/mol. The Balaban J connectivity index is 0.000000145. The zero-order valence-electron chi connectivity index (χ0n) is 77.1. The number of methoxy groups -OCH3 is 2. The summed E-state index contributed by atoms with van der Waals surface area (Å²) in [5.41, 5.74) is 20.7. The number of aromatic nitrogens is 9. The van der Waals surface area contributed by atoms with Gasteiger partial charge in [-0.25, -0.2) is 50.8 Å². The number of carbonyl (C=O) groups is 6. The molecule has 0 bridgehead atoms. The van der Waals surface area contributed by atoms with Gasteiger partial charge >= 0.3 is 0 Å². The zero-order valence-corrected chi connectivity index (χ0v) is 78.7. The number of sulfone groups is 1. The van der Waals surface area contributed by atoms with E-state index < -0.39 is 51.8 Å². The van der Waals surface area contributed by atoms with Gasteiger partial charge in [-0.3, -0.25) is 97.7 Å². The Morgan fingerprint density at radius 3 is 1.48 bits per heavy atom. The van der Waals surface area contributed by atoms with E-state index in [1.807, 2.05) is 85.5 Å². The number of nitrogens with zero attached hydrogens (tertiary/aromatic N) is 9. The summed E-state index contributed by atoms with van der Waals surface area (Å²) in [4.78, 5) is 161. The molecule has 14 N–H and O–H groups in total. The van der Waals surface area contributed by atoms with Gasteiger partial charge in [0.2, 0.25) is 11.9 Å². The Labute approximate surface area is 815 Å². The van der Waals surface area contributed by atoms with Crippen molar-refractivity contribution in [2.75, 3.05) is 57.4 Å². The zero-order chi connectivity index (χ0) is 103. The number of hydrogen-bond acceptors (Lipinski definition) is 28. The molecule has 5 amide bonds. The summed E-state index contributed by atoms with van der Waals surface area (Å²) in [6.07, 6.45) is 7.76. The van der Waals surface area contributed by atoms with E-state index >= 15 is 0 Å². The number of nitrogen functional groups attached to an aromatic ring is 1. The number of para-hydroxylation sites is 1. The number of H-pyrrole nitrogens is 1. The molecule has 0 saturated heterocycles. The van der Waals surface area contributed by atoms with E-state index in [0.29, 0.717) is 101 Å². The van der Waals surface area contributed by atoms with Crippen LogP contribution in [0.15, 0.2) is 296 Å². The van der Waals surface area contributed by atoms with Crippen molar-refractivity contribution in [3.05, 3.63) is 396 Å². The van der Waals surface area contributed by atoms with Crippen LogP contribution in [-0.4, -0.2) is 164 Å². The van der Waals surface area contributed by atoms with Crippen LogP contribution >= 0.6 is 11.6 Å². The van der Waals surface area contributed by atoms with Crippen LogP contribution in [0.4, 0.5) is 11.9 Å². The van der Waals surface area contributed by atoms with Gasteiger partial charge in [0.15, 0.2) is 15.6 Å². The van der Waals surface area contributed by atoms with Gasteiger partial charge in [0, 0.05) is 101 Å². The maximum atomic E-state index is 13.4. The van der Waals surface area contributed by atoms with Crippen LogP contribution in [0, 0.1) is 0 Å². The summed E-state index contributed by atoms with van der Waals surface area (Å²) in [7, 11) is 1.62. The number of halogens is 1. The van der Waals surface area contributed by atoms with Gasteiger partial charge in [-0.2, -0.15) is 0 Å². The van der Waals surface area contributed by atoms with Crippen LogP contribution in [0.25, 0.3) is 76.2 Å². The minimum atomic E-state index is -3.16. The number of ketones is 1. The number of nitrogens with two attached hydrogens (primary N) is 1. The molecule has 41 heteroatoms. The second-order valence-corrected chi connectivity index (χ2v) is 34.6. The number of carbonyl (C=O) groups excluding carboxylic acids is 6. The second kappa shape index (κ2) is 46.3. The molecule has 17 aromatic rings. The monoisotopic (exact) mass is 1980 g/mol. The maximum absolute atomic E-state index is 13.4.